The van der Waals surface area contributed by atoms with Crippen LogP contribution >= 0.6 is 0 Å². The molecule has 4 nitrogen and oxygen atoms in total. The van der Waals surface area contributed by atoms with E-state index in [-0.39, 0.29) is 6.03 Å². The van der Waals surface area contributed by atoms with Crippen LogP contribution in [-0.4, -0.2) is 29.6 Å². The summed E-state index contributed by atoms with van der Waals surface area (Å²) in [7, 11) is 1.76. The van der Waals surface area contributed by atoms with E-state index in [0.717, 1.165) is 11.1 Å². The van der Waals surface area contributed by atoms with Crippen LogP contribution in [0.3, 0.4) is 0 Å². The lowest BCUT2D eigenvalue weighted by atomic mass is 9.93. The first kappa shape index (κ1) is 17.0. The SMILES string of the molecule is CN(Cc1ccccc1)C(=O)NCCC(C)(O)c1ccccc1. The van der Waals surface area contributed by atoms with Crippen LogP contribution in [0.15, 0.2) is 60.7 Å². The van der Waals surface area contributed by atoms with E-state index in [1.807, 2.05) is 60.7 Å². The molecule has 0 spiro atoms. The summed E-state index contributed by atoms with van der Waals surface area (Å²) in [6.45, 7) is 2.74. The number of amides is 2. The smallest absolute Gasteiger partial charge is 0.317 e. The third-order valence-corrected chi connectivity index (χ3v) is 3.89. The molecule has 0 aliphatic carbocycles. The van der Waals surface area contributed by atoms with Gasteiger partial charge in [-0.3, -0.25) is 0 Å². The Morgan fingerprint density at radius 3 is 2.26 bits per heavy atom. The van der Waals surface area contributed by atoms with E-state index in [1.54, 1.807) is 18.9 Å². The molecule has 2 amide bonds. The molecule has 0 aliphatic rings. The Labute approximate surface area is 137 Å². The third-order valence-electron chi connectivity index (χ3n) is 3.89. The summed E-state index contributed by atoms with van der Waals surface area (Å²) in [5.74, 6) is 0. The average molecular weight is 312 g/mol. The van der Waals surface area contributed by atoms with Crippen LogP contribution in [-0.2, 0) is 12.1 Å². The third kappa shape index (κ3) is 5.11. The number of aliphatic hydroxyl groups is 1. The van der Waals surface area contributed by atoms with Crippen LogP contribution in [0, 0.1) is 0 Å². The van der Waals surface area contributed by atoms with E-state index in [2.05, 4.69) is 5.32 Å². The van der Waals surface area contributed by atoms with Crippen LogP contribution < -0.4 is 5.32 Å². The summed E-state index contributed by atoms with van der Waals surface area (Å²) in [6, 6.07) is 19.2. The predicted molar refractivity (Wildman–Crippen MR) is 91.9 cm³/mol. The maximum atomic E-state index is 12.1. The van der Waals surface area contributed by atoms with Crippen LogP contribution in [0.1, 0.15) is 24.5 Å². The first-order chi connectivity index (χ1) is 11.0. The lowest BCUT2D eigenvalue weighted by Gasteiger charge is -2.25. The summed E-state index contributed by atoms with van der Waals surface area (Å²) in [5.41, 5.74) is 0.986. The lowest BCUT2D eigenvalue weighted by molar-refractivity contribution is 0.0484. The van der Waals surface area contributed by atoms with E-state index >= 15 is 0 Å². The number of benzene rings is 2. The maximum Gasteiger partial charge on any atom is 0.317 e. The molecule has 122 valence electrons. The Morgan fingerprint density at radius 2 is 1.65 bits per heavy atom. The molecule has 2 aromatic rings. The molecule has 2 aromatic carbocycles. The van der Waals surface area contributed by atoms with Crippen LogP contribution in [0.5, 0.6) is 0 Å². The molecule has 0 bridgehead atoms. The van der Waals surface area contributed by atoms with Crippen molar-refractivity contribution in [2.75, 3.05) is 13.6 Å². The van der Waals surface area contributed by atoms with Crippen molar-refractivity contribution < 1.29 is 9.90 Å². The molecule has 1 unspecified atom stereocenters. The van der Waals surface area contributed by atoms with Gasteiger partial charge in [0.25, 0.3) is 0 Å². The Morgan fingerprint density at radius 1 is 1.09 bits per heavy atom. The number of carbonyl (C=O) groups excluding carboxylic acids is 1. The van der Waals surface area contributed by atoms with Gasteiger partial charge in [-0.05, 0) is 24.5 Å². The standard InChI is InChI=1S/C19H24N2O2/c1-19(23,17-11-7-4-8-12-17)13-14-20-18(22)21(2)15-16-9-5-3-6-10-16/h3-12,23H,13-15H2,1-2H3,(H,20,22). The molecule has 0 fully saturated rings. The van der Waals surface area contributed by atoms with Gasteiger partial charge in [-0.1, -0.05) is 60.7 Å². The molecule has 0 saturated heterocycles. The fourth-order valence-electron chi connectivity index (χ4n) is 2.42. The minimum Gasteiger partial charge on any atom is -0.385 e. The van der Waals surface area contributed by atoms with Gasteiger partial charge in [0, 0.05) is 20.1 Å². The fraction of sp³-hybridized carbons (Fsp3) is 0.316. The minimum atomic E-state index is -0.952. The second kappa shape index (κ2) is 7.79. The number of rotatable bonds is 6. The van der Waals surface area contributed by atoms with Crippen LogP contribution in [0.4, 0.5) is 4.79 Å². The van der Waals surface area contributed by atoms with Crippen molar-refractivity contribution >= 4 is 6.03 Å². The molecule has 2 rings (SSSR count). The molecule has 0 radical (unpaired) electrons. The quantitative estimate of drug-likeness (QED) is 0.861. The lowest BCUT2D eigenvalue weighted by Crippen LogP contribution is -2.39. The van der Waals surface area contributed by atoms with Gasteiger partial charge in [0.15, 0.2) is 0 Å². The van der Waals surface area contributed by atoms with Crippen molar-refractivity contribution in [3.63, 3.8) is 0 Å². The van der Waals surface area contributed by atoms with Gasteiger partial charge in [0.2, 0.25) is 0 Å². The van der Waals surface area contributed by atoms with Crippen molar-refractivity contribution in [3.8, 4) is 0 Å². The van der Waals surface area contributed by atoms with Gasteiger partial charge in [0.1, 0.15) is 0 Å². The second-order valence-electron chi connectivity index (χ2n) is 5.96. The first-order valence-corrected chi connectivity index (χ1v) is 7.80. The summed E-state index contributed by atoms with van der Waals surface area (Å²) in [6.07, 6.45) is 0.460. The molecule has 0 heterocycles. The molecule has 0 saturated carbocycles. The van der Waals surface area contributed by atoms with E-state index in [0.29, 0.717) is 19.5 Å². The number of hydrogen-bond donors (Lipinski definition) is 2. The summed E-state index contributed by atoms with van der Waals surface area (Å²) >= 11 is 0. The minimum absolute atomic E-state index is 0.141. The van der Waals surface area contributed by atoms with E-state index in [9.17, 15) is 9.90 Å². The van der Waals surface area contributed by atoms with Gasteiger partial charge in [0.05, 0.1) is 5.60 Å². The van der Waals surface area contributed by atoms with Crippen molar-refractivity contribution in [2.24, 2.45) is 0 Å². The summed E-state index contributed by atoms with van der Waals surface area (Å²) < 4.78 is 0. The zero-order valence-electron chi connectivity index (χ0n) is 13.7. The molecule has 23 heavy (non-hydrogen) atoms. The Hall–Kier alpha value is -2.33. The number of carbonyl (C=O) groups is 1. The highest BCUT2D eigenvalue weighted by Crippen LogP contribution is 2.23. The Kier molecular flexibility index (Phi) is 5.77. The zero-order valence-corrected chi connectivity index (χ0v) is 13.7. The topological polar surface area (TPSA) is 52.6 Å². The van der Waals surface area contributed by atoms with Crippen molar-refractivity contribution in [2.45, 2.75) is 25.5 Å². The molecular weight excluding hydrogens is 288 g/mol. The highest BCUT2D eigenvalue weighted by molar-refractivity contribution is 5.73. The molecule has 4 heteroatoms. The fourth-order valence-corrected chi connectivity index (χ4v) is 2.42. The zero-order chi connectivity index (χ0) is 16.7. The first-order valence-electron chi connectivity index (χ1n) is 7.80. The Balaban J connectivity index is 1.80. The Bertz CT molecular complexity index is 612. The molecule has 2 N–H and O–H groups in total. The molecule has 0 aliphatic heterocycles. The molecular formula is C19H24N2O2. The van der Waals surface area contributed by atoms with E-state index in [1.165, 1.54) is 0 Å². The van der Waals surface area contributed by atoms with Crippen molar-refractivity contribution in [1.29, 1.82) is 0 Å². The molecule has 1 atom stereocenters. The number of nitrogens with one attached hydrogen (secondary N) is 1. The highest BCUT2D eigenvalue weighted by Gasteiger charge is 2.22. The second-order valence-corrected chi connectivity index (χ2v) is 5.96. The summed E-state index contributed by atoms with van der Waals surface area (Å²) in [4.78, 5) is 13.7. The van der Waals surface area contributed by atoms with E-state index in [4.69, 9.17) is 0 Å². The largest absolute Gasteiger partial charge is 0.385 e. The van der Waals surface area contributed by atoms with Gasteiger partial charge >= 0.3 is 6.03 Å². The van der Waals surface area contributed by atoms with Crippen LogP contribution in [0.25, 0.3) is 0 Å². The monoisotopic (exact) mass is 312 g/mol. The number of urea groups is 1. The predicted octanol–water partition coefficient (Wildman–Crippen LogP) is 3.13. The van der Waals surface area contributed by atoms with Crippen molar-refractivity contribution in [3.05, 3.63) is 71.8 Å². The normalized spacial score (nSPS) is 13.2. The van der Waals surface area contributed by atoms with Gasteiger partial charge in [-0.2, -0.15) is 0 Å². The highest BCUT2D eigenvalue weighted by atomic mass is 16.3. The van der Waals surface area contributed by atoms with E-state index < -0.39 is 5.60 Å². The van der Waals surface area contributed by atoms with Crippen LogP contribution in [0.2, 0.25) is 0 Å². The van der Waals surface area contributed by atoms with Gasteiger partial charge in [-0.15, -0.1) is 0 Å². The maximum absolute atomic E-state index is 12.1. The van der Waals surface area contributed by atoms with Gasteiger partial charge in [-0.25, -0.2) is 4.79 Å². The number of nitrogens with zero attached hydrogens (tertiary/aromatic N) is 1. The number of hydrogen-bond acceptors (Lipinski definition) is 2. The van der Waals surface area contributed by atoms with Gasteiger partial charge < -0.3 is 15.3 Å². The van der Waals surface area contributed by atoms with Crippen molar-refractivity contribution in [1.82, 2.24) is 10.2 Å². The molecule has 0 aromatic heterocycles. The summed E-state index contributed by atoms with van der Waals surface area (Å²) in [5, 5.41) is 13.4. The average Bonchev–Trinajstić information content (AvgIpc) is 2.56.